The first-order valence-corrected chi connectivity index (χ1v) is 7.53. The van der Waals surface area contributed by atoms with E-state index in [0.717, 1.165) is 10.7 Å². The van der Waals surface area contributed by atoms with Crippen molar-refractivity contribution >= 4 is 28.2 Å². The zero-order valence-electron chi connectivity index (χ0n) is 11.4. The van der Waals surface area contributed by atoms with Gasteiger partial charge in [-0.15, -0.1) is 11.3 Å². The van der Waals surface area contributed by atoms with E-state index in [1.165, 1.54) is 0 Å². The molecule has 1 aliphatic rings. The molecule has 7 heteroatoms. The molecule has 3 heterocycles. The SMILES string of the molecule is CCC1(CC)C(=O)NC(=O)N1Cc1cn2ccsc2n1. The fourth-order valence-corrected chi connectivity index (χ4v) is 3.51. The summed E-state index contributed by atoms with van der Waals surface area (Å²) in [5.41, 5.74) is 0.0571. The fourth-order valence-electron chi connectivity index (χ4n) is 2.79. The van der Waals surface area contributed by atoms with Gasteiger partial charge in [0.1, 0.15) is 5.54 Å². The number of urea groups is 1. The van der Waals surface area contributed by atoms with Gasteiger partial charge in [0.15, 0.2) is 4.96 Å². The highest BCUT2D eigenvalue weighted by molar-refractivity contribution is 7.15. The van der Waals surface area contributed by atoms with E-state index in [0.29, 0.717) is 19.4 Å². The van der Waals surface area contributed by atoms with Gasteiger partial charge in [-0.1, -0.05) is 13.8 Å². The molecule has 0 unspecified atom stereocenters. The highest BCUT2D eigenvalue weighted by atomic mass is 32.1. The molecule has 1 saturated heterocycles. The van der Waals surface area contributed by atoms with Gasteiger partial charge in [-0.2, -0.15) is 0 Å². The summed E-state index contributed by atoms with van der Waals surface area (Å²) < 4.78 is 1.93. The Hall–Kier alpha value is -1.89. The summed E-state index contributed by atoms with van der Waals surface area (Å²) in [7, 11) is 0. The number of hydrogen-bond donors (Lipinski definition) is 1. The van der Waals surface area contributed by atoms with Crippen LogP contribution in [0.3, 0.4) is 0 Å². The van der Waals surface area contributed by atoms with Crippen LogP contribution in [0.4, 0.5) is 4.79 Å². The van der Waals surface area contributed by atoms with Gasteiger partial charge in [0.2, 0.25) is 0 Å². The van der Waals surface area contributed by atoms with Crippen molar-refractivity contribution in [2.45, 2.75) is 38.8 Å². The van der Waals surface area contributed by atoms with Gasteiger partial charge in [0.05, 0.1) is 12.2 Å². The van der Waals surface area contributed by atoms with E-state index in [2.05, 4.69) is 10.3 Å². The number of nitrogens with zero attached hydrogens (tertiary/aromatic N) is 3. The van der Waals surface area contributed by atoms with Crippen LogP contribution in [0.5, 0.6) is 0 Å². The second-order valence-corrected chi connectivity index (χ2v) is 5.78. The van der Waals surface area contributed by atoms with Crippen LogP contribution in [0.1, 0.15) is 32.4 Å². The zero-order chi connectivity index (χ0) is 14.3. The fraction of sp³-hybridized carbons (Fsp3) is 0.462. The maximum absolute atomic E-state index is 12.1. The Labute approximate surface area is 120 Å². The lowest BCUT2D eigenvalue weighted by Crippen LogP contribution is -2.48. The summed E-state index contributed by atoms with van der Waals surface area (Å²) in [5.74, 6) is -0.200. The summed E-state index contributed by atoms with van der Waals surface area (Å²) in [6.07, 6.45) is 5.03. The summed E-state index contributed by atoms with van der Waals surface area (Å²) in [4.78, 5) is 31.1. The van der Waals surface area contributed by atoms with E-state index in [-0.39, 0.29) is 11.9 Å². The Morgan fingerprint density at radius 1 is 1.35 bits per heavy atom. The maximum atomic E-state index is 12.1. The molecule has 0 atom stereocenters. The van der Waals surface area contributed by atoms with E-state index in [1.54, 1.807) is 16.2 Å². The largest absolute Gasteiger partial charge is 0.325 e. The molecule has 20 heavy (non-hydrogen) atoms. The first-order valence-electron chi connectivity index (χ1n) is 6.65. The van der Waals surface area contributed by atoms with Crippen molar-refractivity contribution in [1.29, 1.82) is 0 Å². The molecule has 6 nitrogen and oxygen atoms in total. The average molecular weight is 292 g/mol. The van der Waals surface area contributed by atoms with Crippen LogP contribution in [0.2, 0.25) is 0 Å². The molecule has 106 valence electrons. The molecule has 2 aromatic heterocycles. The predicted molar refractivity (Wildman–Crippen MR) is 75.5 cm³/mol. The van der Waals surface area contributed by atoms with Gasteiger partial charge in [0.25, 0.3) is 5.91 Å². The van der Waals surface area contributed by atoms with Crippen LogP contribution in [0, 0.1) is 0 Å². The molecule has 3 amide bonds. The van der Waals surface area contributed by atoms with Crippen molar-refractivity contribution in [1.82, 2.24) is 19.6 Å². The number of amides is 3. The van der Waals surface area contributed by atoms with Crippen molar-refractivity contribution < 1.29 is 9.59 Å². The molecule has 0 aromatic carbocycles. The topological polar surface area (TPSA) is 66.7 Å². The van der Waals surface area contributed by atoms with E-state index < -0.39 is 5.54 Å². The lowest BCUT2D eigenvalue weighted by atomic mass is 9.91. The second kappa shape index (κ2) is 4.59. The molecule has 1 aliphatic heterocycles. The van der Waals surface area contributed by atoms with E-state index >= 15 is 0 Å². The third-order valence-corrected chi connectivity index (χ3v) is 4.81. The molecule has 1 fully saturated rings. The number of rotatable bonds is 4. The van der Waals surface area contributed by atoms with Gasteiger partial charge in [-0.05, 0) is 12.8 Å². The van der Waals surface area contributed by atoms with Crippen LogP contribution >= 0.6 is 11.3 Å². The van der Waals surface area contributed by atoms with Crippen LogP contribution in [-0.2, 0) is 11.3 Å². The normalized spacial score (nSPS) is 18.0. The Morgan fingerprint density at radius 3 is 2.75 bits per heavy atom. The molecule has 1 N–H and O–H groups in total. The van der Waals surface area contributed by atoms with E-state index in [1.807, 2.05) is 36.0 Å². The maximum Gasteiger partial charge on any atom is 0.325 e. The molecule has 2 aromatic rings. The number of thiazole rings is 1. The van der Waals surface area contributed by atoms with E-state index in [9.17, 15) is 9.59 Å². The number of fused-ring (bicyclic) bond motifs is 1. The number of aromatic nitrogens is 2. The van der Waals surface area contributed by atoms with Crippen molar-refractivity contribution in [3.63, 3.8) is 0 Å². The quantitative estimate of drug-likeness (QED) is 0.877. The molecule has 0 bridgehead atoms. The summed E-state index contributed by atoms with van der Waals surface area (Å²) in [6.45, 7) is 4.22. The molecule has 3 rings (SSSR count). The molecule has 0 saturated carbocycles. The lowest BCUT2D eigenvalue weighted by molar-refractivity contribution is -0.127. The van der Waals surface area contributed by atoms with Gasteiger partial charge >= 0.3 is 6.03 Å². The molecular weight excluding hydrogens is 276 g/mol. The van der Waals surface area contributed by atoms with Crippen LogP contribution < -0.4 is 5.32 Å². The van der Waals surface area contributed by atoms with Gasteiger partial charge in [-0.3, -0.25) is 14.5 Å². The van der Waals surface area contributed by atoms with Crippen molar-refractivity contribution in [2.75, 3.05) is 0 Å². The molecule has 0 aliphatic carbocycles. The summed E-state index contributed by atoms with van der Waals surface area (Å²) in [5, 5.41) is 4.38. The van der Waals surface area contributed by atoms with Gasteiger partial charge < -0.3 is 4.90 Å². The third kappa shape index (κ3) is 1.73. The lowest BCUT2D eigenvalue weighted by Gasteiger charge is -2.32. The smallest absolute Gasteiger partial charge is 0.304 e. The first-order chi connectivity index (χ1) is 9.60. The van der Waals surface area contributed by atoms with Crippen LogP contribution in [0.15, 0.2) is 17.8 Å². The number of nitrogens with one attached hydrogen (secondary N) is 1. The minimum absolute atomic E-state index is 0.200. The Balaban J connectivity index is 1.93. The Morgan fingerprint density at radius 2 is 2.10 bits per heavy atom. The van der Waals surface area contributed by atoms with Crippen LogP contribution in [-0.4, -0.2) is 31.8 Å². The number of imidazole rings is 1. The van der Waals surface area contributed by atoms with Crippen LogP contribution in [0.25, 0.3) is 4.96 Å². The highest BCUT2D eigenvalue weighted by Gasteiger charge is 2.50. The number of carbonyl (C=O) groups is 2. The number of imide groups is 1. The zero-order valence-corrected chi connectivity index (χ0v) is 12.2. The summed E-state index contributed by atoms with van der Waals surface area (Å²) in [6, 6.07) is -0.324. The van der Waals surface area contributed by atoms with Crippen molar-refractivity contribution in [2.24, 2.45) is 0 Å². The highest BCUT2D eigenvalue weighted by Crippen LogP contribution is 2.30. The first kappa shape index (κ1) is 13.1. The predicted octanol–water partition coefficient (Wildman–Crippen LogP) is 2.01. The minimum Gasteiger partial charge on any atom is -0.304 e. The number of hydrogen-bond acceptors (Lipinski definition) is 4. The van der Waals surface area contributed by atoms with E-state index in [4.69, 9.17) is 0 Å². The molecule has 0 radical (unpaired) electrons. The Bertz CT molecular complexity index is 642. The monoisotopic (exact) mass is 292 g/mol. The standard InChI is InChI=1S/C13H16N4O2S/c1-3-13(4-2)10(18)15-11(19)17(13)8-9-7-16-5-6-20-12(16)14-9/h5-7H,3-4,8H2,1-2H3,(H,15,18,19). The molecule has 0 spiro atoms. The average Bonchev–Trinajstić information content (AvgIpc) is 3.05. The molecular formula is C13H16N4O2S. The number of carbonyl (C=O) groups excluding carboxylic acids is 2. The third-order valence-electron chi connectivity index (χ3n) is 4.04. The van der Waals surface area contributed by atoms with Crippen molar-refractivity contribution in [3.05, 3.63) is 23.5 Å². The van der Waals surface area contributed by atoms with Gasteiger partial charge in [0, 0.05) is 17.8 Å². The van der Waals surface area contributed by atoms with Gasteiger partial charge in [-0.25, -0.2) is 9.78 Å². The second-order valence-electron chi connectivity index (χ2n) is 4.91. The minimum atomic E-state index is -0.742. The summed E-state index contributed by atoms with van der Waals surface area (Å²) >= 11 is 1.54. The van der Waals surface area contributed by atoms with Crippen molar-refractivity contribution in [3.8, 4) is 0 Å². The Kier molecular flexibility index (Phi) is 3.01.